The second-order valence-corrected chi connectivity index (χ2v) is 8.03. The molecule has 4 rings (SSSR count). The molecule has 5 heteroatoms. The maximum atomic E-state index is 11.9. The number of ether oxygens (including phenoxy) is 1. The quantitative estimate of drug-likeness (QED) is 0.887. The lowest BCUT2D eigenvalue weighted by Gasteiger charge is -2.37. The second kappa shape index (κ2) is 7.12. The fourth-order valence-electron chi connectivity index (χ4n) is 4.76. The van der Waals surface area contributed by atoms with Gasteiger partial charge in [-0.05, 0) is 56.5 Å². The third-order valence-electron chi connectivity index (χ3n) is 5.94. The predicted molar refractivity (Wildman–Crippen MR) is 107 cm³/mol. The summed E-state index contributed by atoms with van der Waals surface area (Å²) in [6.45, 7) is 6.98. The number of anilines is 1. The Bertz CT molecular complexity index is 784. The zero-order valence-electron chi connectivity index (χ0n) is 16.2. The molecule has 1 aromatic rings. The van der Waals surface area contributed by atoms with Crippen LogP contribution < -0.4 is 9.64 Å². The summed E-state index contributed by atoms with van der Waals surface area (Å²) in [7, 11) is 0. The standard InChI is InChI=1S/C22H28N2O3/c1-3-27-19-6-4-17(5-7-19)24-10-8-15(9-11-24)21-20-16(14-23-21)12-18(25)13-22(20,2)26/h4-7,15,26H,3,8-14H2,1-2H3. The summed E-state index contributed by atoms with van der Waals surface area (Å²) in [4.78, 5) is 19.1. The number of hydrogen-bond acceptors (Lipinski definition) is 5. The fourth-order valence-corrected chi connectivity index (χ4v) is 4.76. The molecule has 0 bridgehead atoms. The molecule has 0 spiro atoms. The van der Waals surface area contributed by atoms with Crippen molar-refractivity contribution in [3.63, 3.8) is 0 Å². The highest BCUT2D eigenvalue weighted by atomic mass is 16.5. The van der Waals surface area contributed by atoms with Crippen molar-refractivity contribution in [2.45, 2.75) is 45.1 Å². The van der Waals surface area contributed by atoms with E-state index in [4.69, 9.17) is 9.73 Å². The first kappa shape index (κ1) is 18.2. The van der Waals surface area contributed by atoms with Crippen LogP contribution in [0.3, 0.4) is 0 Å². The maximum absolute atomic E-state index is 11.9. The summed E-state index contributed by atoms with van der Waals surface area (Å²) in [6, 6.07) is 8.30. The van der Waals surface area contributed by atoms with Gasteiger partial charge in [0.25, 0.3) is 0 Å². The van der Waals surface area contributed by atoms with Crippen LogP contribution in [0.5, 0.6) is 5.75 Å². The van der Waals surface area contributed by atoms with E-state index in [9.17, 15) is 9.90 Å². The van der Waals surface area contributed by atoms with Crippen molar-refractivity contribution in [1.29, 1.82) is 0 Å². The fraction of sp³-hybridized carbons (Fsp3) is 0.545. The number of aliphatic hydroxyl groups is 1. The van der Waals surface area contributed by atoms with E-state index in [0.717, 1.165) is 48.5 Å². The van der Waals surface area contributed by atoms with Gasteiger partial charge in [-0.25, -0.2) is 0 Å². The number of Topliss-reactive ketones (excluding diaryl/α,β-unsaturated/α-hetero) is 1. The van der Waals surface area contributed by atoms with E-state index in [0.29, 0.717) is 25.5 Å². The van der Waals surface area contributed by atoms with Gasteiger partial charge in [0.2, 0.25) is 0 Å². The van der Waals surface area contributed by atoms with Gasteiger partial charge in [-0.3, -0.25) is 9.79 Å². The minimum absolute atomic E-state index is 0.125. The average molecular weight is 368 g/mol. The zero-order valence-corrected chi connectivity index (χ0v) is 16.2. The van der Waals surface area contributed by atoms with Crippen LogP contribution in [0.25, 0.3) is 0 Å². The highest BCUT2D eigenvalue weighted by molar-refractivity contribution is 6.08. The monoisotopic (exact) mass is 368 g/mol. The van der Waals surface area contributed by atoms with Gasteiger partial charge in [0.15, 0.2) is 0 Å². The van der Waals surface area contributed by atoms with Gasteiger partial charge < -0.3 is 14.7 Å². The molecule has 144 valence electrons. The molecule has 1 aromatic carbocycles. The largest absolute Gasteiger partial charge is 0.494 e. The van der Waals surface area contributed by atoms with Gasteiger partial charge in [-0.15, -0.1) is 0 Å². The topological polar surface area (TPSA) is 62.1 Å². The van der Waals surface area contributed by atoms with Crippen molar-refractivity contribution in [3.05, 3.63) is 35.4 Å². The number of nitrogens with zero attached hydrogens (tertiary/aromatic N) is 2. The first-order valence-electron chi connectivity index (χ1n) is 9.97. The van der Waals surface area contributed by atoms with Gasteiger partial charge in [-0.2, -0.15) is 0 Å². The molecule has 2 aliphatic heterocycles. The van der Waals surface area contributed by atoms with Crippen LogP contribution in [0, 0.1) is 5.92 Å². The summed E-state index contributed by atoms with van der Waals surface area (Å²) < 4.78 is 5.52. The second-order valence-electron chi connectivity index (χ2n) is 8.03. The number of hydrogen-bond donors (Lipinski definition) is 1. The first-order chi connectivity index (χ1) is 13.0. The Kier molecular flexibility index (Phi) is 4.81. The lowest BCUT2D eigenvalue weighted by Crippen LogP contribution is -2.42. The summed E-state index contributed by atoms with van der Waals surface area (Å²) >= 11 is 0. The van der Waals surface area contributed by atoms with Crippen molar-refractivity contribution in [2.75, 3.05) is 31.1 Å². The van der Waals surface area contributed by atoms with Crippen LogP contribution in [0.2, 0.25) is 0 Å². The van der Waals surface area contributed by atoms with Crippen molar-refractivity contribution < 1.29 is 14.6 Å². The molecule has 0 radical (unpaired) electrons. The molecule has 1 saturated heterocycles. The third kappa shape index (κ3) is 3.53. The normalized spacial score (nSPS) is 26.3. The smallest absolute Gasteiger partial charge is 0.140 e. The molecule has 5 nitrogen and oxygen atoms in total. The highest BCUT2D eigenvalue weighted by Gasteiger charge is 2.43. The molecule has 1 atom stereocenters. The molecule has 27 heavy (non-hydrogen) atoms. The van der Waals surface area contributed by atoms with Gasteiger partial charge in [0.05, 0.1) is 18.8 Å². The van der Waals surface area contributed by atoms with Gasteiger partial charge in [0, 0.05) is 48.8 Å². The average Bonchev–Trinajstić information content (AvgIpc) is 3.07. The molecular formula is C22H28N2O3. The Morgan fingerprint density at radius 1 is 1.26 bits per heavy atom. The molecule has 3 aliphatic rings. The zero-order chi connectivity index (χ0) is 19.0. The van der Waals surface area contributed by atoms with E-state index in [2.05, 4.69) is 17.0 Å². The van der Waals surface area contributed by atoms with E-state index in [1.165, 1.54) is 5.69 Å². The van der Waals surface area contributed by atoms with Crippen molar-refractivity contribution >= 4 is 17.2 Å². The van der Waals surface area contributed by atoms with E-state index in [1.807, 2.05) is 19.1 Å². The van der Waals surface area contributed by atoms with Crippen LogP contribution in [0.15, 0.2) is 40.4 Å². The number of carbonyl (C=O) groups excluding carboxylic acids is 1. The molecule has 1 aliphatic carbocycles. The minimum atomic E-state index is -1.05. The molecule has 1 fully saturated rings. The Morgan fingerprint density at radius 3 is 2.63 bits per heavy atom. The van der Waals surface area contributed by atoms with E-state index in [-0.39, 0.29) is 12.2 Å². The van der Waals surface area contributed by atoms with E-state index in [1.54, 1.807) is 6.92 Å². The van der Waals surface area contributed by atoms with Gasteiger partial charge >= 0.3 is 0 Å². The summed E-state index contributed by atoms with van der Waals surface area (Å²) in [5, 5.41) is 10.8. The molecule has 0 amide bonds. The summed E-state index contributed by atoms with van der Waals surface area (Å²) in [5.74, 6) is 1.40. The van der Waals surface area contributed by atoms with Crippen LogP contribution >= 0.6 is 0 Å². The number of aliphatic imine (C=N–C) groups is 1. The number of benzene rings is 1. The van der Waals surface area contributed by atoms with Gasteiger partial charge in [0.1, 0.15) is 11.5 Å². The number of rotatable bonds is 4. The van der Waals surface area contributed by atoms with Crippen molar-refractivity contribution in [1.82, 2.24) is 0 Å². The Morgan fingerprint density at radius 2 is 1.96 bits per heavy atom. The lowest BCUT2D eigenvalue weighted by atomic mass is 9.74. The molecule has 0 aromatic heterocycles. The molecule has 0 saturated carbocycles. The third-order valence-corrected chi connectivity index (χ3v) is 5.94. The molecule has 1 unspecified atom stereocenters. The van der Waals surface area contributed by atoms with Crippen molar-refractivity contribution in [3.8, 4) is 5.75 Å². The molecule has 1 N–H and O–H groups in total. The van der Waals surface area contributed by atoms with E-state index < -0.39 is 5.60 Å². The summed E-state index contributed by atoms with van der Waals surface area (Å²) in [6.07, 6.45) is 2.72. The highest BCUT2D eigenvalue weighted by Crippen LogP contribution is 2.40. The van der Waals surface area contributed by atoms with E-state index >= 15 is 0 Å². The Balaban J connectivity index is 1.43. The van der Waals surface area contributed by atoms with Crippen LogP contribution in [0.4, 0.5) is 5.69 Å². The number of carbonyl (C=O) groups is 1. The SMILES string of the molecule is CCOc1ccc(N2CCC(C3=NCC4=C3C(C)(O)CC(=O)C4)CC2)cc1. The number of piperidine rings is 1. The Hall–Kier alpha value is -2.14. The van der Waals surface area contributed by atoms with Crippen molar-refractivity contribution in [2.24, 2.45) is 10.9 Å². The molecular weight excluding hydrogens is 340 g/mol. The van der Waals surface area contributed by atoms with Gasteiger partial charge in [-0.1, -0.05) is 0 Å². The van der Waals surface area contributed by atoms with Crippen LogP contribution in [-0.4, -0.2) is 48.4 Å². The van der Waals surface area contributed by atoms with Crippen LogP contribution in [0.1, 0.15) is 39.5 Å². The lowest BCUT2D eigenvalue weighted by molar-refractivity contribution is -0.122. The Labute approximate surface area is 160 Å². The van der Waals surface area contributed by atoms with Crippen LogP contribution in [-0.2, 0) is 4.79 Å². The first-order valence-corrected chi connectivity index (χ1v) is 9.97. The number of ketones is 1. The maximum Gasteiger partial charge on any atom is 0.140 e. The predicted octanol–water partition coefficient (Wildman–Crippen LogP) is 3.17. The minimum Gasteiger partial charge on any atom is -0.494 e. The summed E-state index contributed by atoms with van der Waals surface area (Å²) in [5.41, 5.74) is 3.25. The molecule has 2 heterocycles.